The summed E-state index contributed by atoms with van der Waals surface area (Å²) in [5.74, 6) is 5.45. The van der Waals surface area contributed by atoms with Crippen LogP contribution in [0.1, 0.15) is 129 Å². The van der Waals surface area contributed by atoms with E-state index in [9.17, 15) is 0 Å². The monoisotopic (exact) mass is 565 g/mol. The van der Waals surface area contributed by atoms with Crippen molar-refractivity contribution in [2.24, 2.45) is 41.2 Å². The van der Waals surface area contributed by atoms with Gasteiger partial charge in [0.05, 0.1) is 0 Å². The second-order valence-electron chi connectivity index (χ2n) is 14.9. The third-order valence-corrected chi connectivity index (χ3v) is 12.3. The largest absolute Gasteiger partial charge is 0.324 e. The number of nitrogens with two attached hydrogens (primary N) is 1. The van der Waals surface area contributed by atoms with Gasteiger partial charge in [-0.15, -0.1) is 0 Å². The van der Waals surface area contributed by atoms with Gasteiger partial charge in [0.25, 0.3) is 0 Å². The smallest absolute Gasteiger partial charge is 0.0329 e. The fourth-order valence-electron chi connectivity index (χ4n) is 9.97. The van der Waals surface area contributed by atoms with E-state index in [4.69, 9.17) is 5.73 Å². The summed E-state index contributed by atoms with van der Waals surface area (Å²) in [7, 11) is 0. The Morgan fingerprint density at radius 1 is 0.762 bits per heavy atom. The van der Waals surface area contributed by atoms with E-state index in [0.717, 1.165) is 48.3 Å². The summed E-state index contributed by atoms with van der Waals surface area (Å²) < 4.78 is 0. The van der Waals surface area contributed by atoms with Crippen LogP contribution in [0.5, 0.6) is 0 Å². The first kappa shape index (κ1) is 30.2. The van der Waals surface area contributed by atoms with Crippen molar-refractivity contribution in [1.82, 2.24) is 0 Å². The average Bonchev–Trinajstić information content (AvgIpc) is 3.27. The molecule has 0 aromatic heterocycles. The van der Waals surface area contributed by atoms with Crippen LogP contribution >= 0.6 is 0 Å². The molecular weight excluding hydrogens is 506 g/mol. The molecule has 5 atom stereocenters. The summed E-state index contributed by atoms with van der Waals surface area (Å²) >= 11 is 0. The molecule has 0 aromatic rings. The maximum Gasteiger partial charge on any atom is 0.0329 e. The fourth-order valence-corrected chi connectivity index (χ4v) is 9.97. The van der Waals surface area contributed by atoms with Gasteiger partial charge in [-0.25, -0.2) is 0 Å². The third-order valence-electron chi connectivity index (χ3n) is 12.3. The van der Waals surface area contributed by atoms with Gasteiger partial charge < -0.3 is 5.73 Å². The molecule has 6 rings (SSSR count). The molecule has 6 aliphatic rings. The van der Waals surface area contributed by atoms with E-state index in [1.807, 2.05) is 11.1 Å². The van der Waals surface area contributed by atoms with Gasteiger partial charge in [-0.1, -0.05) is 90.7 Å². The second-order valence-corrected chi connectivity index (χ2v) is 14.9. The van der Waals surface area contributed by atoms with Crippen molar-refractivity contribution in [3.05, 3.63) is 82.5 Å². The van der Waals surface area contributed by atoms with Crippen LogP contribution in [0.4, 0.5) is 0 Å². The average molecular weight is 566 g/mol. The lowest BCUT2D eigenvalue weighted by Crippen LogP contribution is -2.37. The number of rotatable bonds is 8. The molecule has 3 saturated carbocycles. The van der Waals surface area contributed by atoms with Crippen molar-refractivity contribution in [2.75, 3.05) is 0 Å². The first-order valence-corrected chi connectivity index (χ1v) is 18.2. The molecule has 0 saturated heterocycles. The van der Waals surface area contributed by atoms with Crippen LogP contribution in [0.25, 0.3) is 0 Å². The maximum atomic E-state index is 6.53. The lowest BCUT2D eigenvalue weighted by atomic mass is 9.57. The van der Waals surface area contributed by atoms with Crippen LogP contribution in [0.3, 0.4) is 0 Å². The summed E-state index contributed by atoms with van der Waals surface area (Å²) in [6.45, 7) is 2.19. The van der Waals surface area contributed by atoms with Gasteiger partial charge in [0.15, 0.2) is 0 Å². The SMILES string of the molecule is CC1=CC=C(C(N)C/C=C\CC2CCC(C3=C4CCCCC4C(C4CCCCC4C4=CCCC=C4)CC3)CC2)C=CC1. The van der Waals surface area contributed by atoms with E-state index >= 15 is 0 Å². The Morgan fingerprint density at radius 2 is 1.57 bits per heavy atom. The standard InChI is InChI=1S/C41H59N/c1-30-12-11-16-34(25-22-30)41(42)21-10-5-13-31-23-26-33(27-24-31)36-28-29-40(39-20-9-8-19-38(36)39)37-18-7-6-17-35(37)32-14-3-2-4-15-32/h3,5,10-11,14-16,22,25,31,33,35,37,39-41H,2,4,6-9,12-13,17-21,23-24,26-29,42H2,1H3/b10-5-. The van der Waals surface area contributed by atoms with Gasteiger partial charge >= 0.3 is 0 Å². The molecule has 0 heterocycles. The highest BCUT2D eigenvalue weighted by Gasteiger charge is 2.42. The Bertz CT molecular complexity index is 1130. The number of hydrogen-bond acceptors (Lipinski definition) is 1. The van der Waals surface area contributed by atoms with Crippen LogP contribution < -0.4 is 5.73 Å². The summed E-state index contributed by atoms with van der Waals surface area (Å²) in [5.41, 5.74) is 14.9. The van der Waals surface area contributed by atoms with Crippen molar-refractivity contribution in [3.63, 3.8) is 0 Å². The Kier molecular flexibility index (Phi) is 10.6. The Balaban J connectivity index is 1.04. The van der Waals surface area contributed by atoms with Crippen LogP contribution in [0.2, 0.25) is 0 Å². The maximum absolute atomic E-state index is 6.53. The van der Waals surface area contributed by atoms with Gasteiger partial charge in [0.1, 0.15) is 0 Å². The lowest BCUT2D eigenvalue weighted by molar-refractivity contribution is 0.115. The van der Waals surface area contributed by atoms with Crippen molar-refractivity contribution in [3.8, 4) is 0 Å². The fraction of sp³-hybridized carbons (Fsp3) is 0.659. The summed E-state index contributed by atoms with van der Waals surface area (Å²) in [6, 6.07) is 0.113. The molecule has 0 radical (unpaired) electrons. The molecule has 1 heteroatoms. The van der Waals surface area contributed by atoms with Crippen LogP contribution in [0, 0.1) is 35.5 Å². The lowest BCUT2D eigenvalue weighted by Gasteiger charge is -2.48. The molecule has 0 aromatic carbocycles. The molecule has 0 bridgehead atoms. The highest BCUT2D eigenvalue weighted by atomic mass is 14.6. The third kappa shape index (κ3) is 7.26. The van der Waals surface area contributed by atoms with Crippen LogP contribution in [0.15, 0.2) is 82.5 Å². The first-order chi connectivity index (χ1) is 20.7. The zero-order valence-corrected chi connectivity index (χ0v) is 26.7. The Labute approximate surface area is 258 Å². The molecule has 5 unspecified atom stereocenters. The molecule has 42 heavy (non-hydrogen) atoms. The van der Waals surface area contributed by atoms with Crippen molar-refractivity contribution in [1.29, 1.82) is 0 Å². The molecule has 228 valence electrons. The zero-order chi connectivity index (χ0) is 28.7. The van der Waals surface area contributed by atoms with Crippen molar-refractivity contribution < 1.29 is 0 Å². The Morgan fingerprint density at radius 3 is 2.43 bits per heavy atom. The molecule has 6 aliphatic carbocycles. The summed E-state index contributed by atoms with van der Waals surface area (Å²) in [4.78, 5) is 0. The van der Waals surface area contributed by atoms with Gasteiger partial charge in [0.2, 0.25) is 0 Å². The second kappa shape index (κ2) is 14.7. The minimum Gasteiger partial charge on any atom is -0.324 e. The van der Waals surface area contributed by atoms with E-state index in [0.29, 0.717) is 0 Å². The summed E-state index contributed by atoms with van der Waals surface area (Å²) in [6.07, 6.45) is 47.5. The van der Waals surface area contributed by atoms with Gasteiger partial charge in [-0.3, -0.25) is 0 Å². The molecule has 3 fully saturated rings. The van der Waals surface area contributed by atoms with E-state index in [1.54, 1.807) is 5.57 Å². The summed E-state index contributed by atoms with van der Waals surface area (Å²) in [5, 5.41) is 0. The van der Waals surface area contributed by atoms with Gasteiger partial charge in [0, 0.05) is 6.04 Å². The van der Waals surface area contributed by atoms with Crippen molar-refractivity contribution >= 4 is 0 Å². The number of fused-ring (bicyclic) bond motifs is 1. The van der Waals surface area contributed by atoms with Crippen LogP contribution in [-0.2, 0) is 0 Å². The minimum absolute atomic E-state index is 0.113. The van der Waals surface area contributed by atoms with E-state index < -0.39 is 0 Å². The normalized spacial score (nSPS) is 34.9. The quantitative estimate of drug-likeness (QED) is 0.291. The number of hydrogen-bond donors (Lipinski definition) is 1. The molecular formula is C41H59N. The molecule has 0 spiro atoms. The van der Waals surface area contributed by atoms with E-state index in [-0.39, 0.29) is 6.04 Å². The first-order valence-electron chi connectivity index (χ1n) is 18.2. The predicted octanol–water partition coefficient (Wildman–Crippen LogP) is 11.3. The number of allylic oxidation sites excluding steroid dienone is 11. The zero-order valence-electron chi connectivity index (χ0n) is 26.7. The van der Waals surface area contributed by atoms with E-state index in [1.165, 1.54) is 120 Å². The predicted molar refractivity (Wildman–Crippen MR) is 181 cm³/mol. The van der Waals surface area contributed by atoms with Gasteiger partial charge in [-0.2, -0.15) is 0 Å². The topological polar surface area (TPSA) is 26.0 Å². The minimum atomic E-state index is 0.113. The highest BCUT2D eigenvalue weighted by molar-refractivity contribution is 5.34. The molecule has 0 aliphatic heterocycles. The molecule has 2 N–H and O–H groups in total. The van der Waals surface area contributed by atoms with Crippen molar-refractivity contribution in [2.45, 2.75) is 135 Å². The molecule has 1 nitrogen and oxygen atoms in total. The van der Waals surface area contributed by atoms with Gasteiger partial charge in [-0.05, 0) is 156 Å². The Hall–Kier alpha value is -1.86. The highest BCUT2D eigenvalue weighted by Crippen LogP contribution is 2.54. The van der Waals surface area contributed by atoms with E-state index in [2.05, 4.69) is 61.6 Å². The molecule has 0 amide bonds. The van der Waals surface area contributed by atoms with Crippen LogP contribution in [-0.4, -0.2) is 6.04 Å².